The van der Waals surface area contributed by atoms with Crippen molar-refractivity contribution in [3.8, 4) is 17.7 Å². The Bertz CT molecular complexity index is 659. The third kappa shape index (κ3) is 2.51. The summed E-state index contributed by atoms with van der Waals surface area (Å²) in [5.74, 6) is 0.584. The minimum absolute atomic E-state index is 0.157. The van der Waals surface area contributed by atoms with Crippen LogP contribution in [0.3, 0.4) is 0 Å². The molecule has 0 bridgehead atoms. The minimum atomic E-state index is 0.157. The van der Waals surface area contributed by atoms with Gasteiger partial charge in [0.05, 0.1) is 15.9 Å². The number of aromatic nitrogens is 2. The van der Waals surface area contributed by atoms with Gasteiger partial charge in [0, 0.05) is 0 Å². The van der Waals surface area contributed by atoms with E-state index in [2.05, 4.69) is 32.2 Å². The Balaban J connectivity index is 2.51. The van der Waals surface area contributed by atoms with Crippen LogP contribution >= 0.6 is 15.9 Å². The van der Waals surface area contributed by atoms with E-state index in [4.69, 9.17) is 10.5 Å². The summed E-state index contributed by atoms with van der Waals surface area (Å²) in [5.41, 5.74) is 8.11. The number of aryl methyl sites for hydroxylation is 1. The van der Waals surface area contributed by atoms with Crippen LogP contribution in [0.4, 0.5) is 5.69 Å². The number of nitriles is 1. The van der Waals surface area contributed by atoms with Gasteiger partial charge in [0.2, 0.25) is 0 Å². The molecule has 2 aromatic rings. The lowest BCUT2D eigenvalue weighted by Gasteiger charge is -2.11. The van der Waals surface area contributed by atoms with Crippen LogP contribution < -0.4 is 10.5 Å². The van der Waals surface area contributed by atoms with Crippen molar-refractivity contribution < 1.29 is 4.74 Å². The number of hydrogen-bond acceptors (Lipinski definition) is 5. The van der Waals surface area contributed by atoms with Crippen LogP contribution in [0.2, 0.25) is 0 Å². The Labute approximate surface area is 119 Å². The van der Waals surface area contributed by atoms with Crippen LogP contribution in [0.1, 0.15) is 16.8 Å². The molecule has 1 aromatic carbocycles. The zero-order valence-electron chi connectivity index (χ0n) is 10.4. The molecule has 0 fully saturated rings. The number of para-hydroxylation sites is 1. The molecule has 0 spiro atoms. The van der Waals surface area contributed by atoms with E-state index in [0.717, 1.165) is 5.56 Å². The first-order chi connectivity index (χ1) is 9.04. The van der Waals surface area contributed by atoms with Crippen molar-refractivity contribution in [3.05, 3.63) is 39.5 Å². The highest BCUT2D eigenvalue weighted by Gasteiger charge is 2.15. The standard InChI is InChI=1S/C13H11BrN4O/c1-7-8(2)17-18-13(9(7)6-15)19-12-10(14)4-3-5-11(12)16/h3-5H,16H2,1-2H3. The summed E-state index contributed by atoms with van der Waals surface area (Å²) in [6, 6.07) is 7.38. The number of halogens is 1. The molecule has 2 rings (SSSR count). The predicted octanol–water partition coefficient (Wildman–Crippen LogP) is 3.10. The number of nitrogens with zero attached hydrogens (tertiary/aromatic N) is 3. The number of nitrogens with two attached hydrogens (primary N) is 1. The Morgan fingerprint density at radius 2 is 2.05 bits per heavy atom. The Kier molecular flexibility index (Phi) is 3.67. The summed E-state index contributed by atoms with van der Waals surface area (Å²) in [7, 11) is 0. The van der Waals surface area contributed by atoms with Gasteiger partial charge in [-0.2, -0.15) is 10.4 Å². The largest absolute Gasteiger partial charge is 0.433 e. The Morgan fingerprint density at radius 3 is 2.68 bits per heavy atom. The fraction of sp³-hybridized carbons (Fsp3) is 0.154. The van der Waals surface area contributed by atoms with E-state index in [1.54, 1.807) is 32.0 Å². The maximum atomic E-state index is 9.20. The van der Waals surface area contributed by atoms with Gasteiger partial charge in [-0.05, 0) is 47.5 Å². The highest BCUT2D eigenvalue weighted by atomic mass is 79.9. The van der Waals surface area contributed by atoms with E-state index < -0.39 is 0 Å². The summed E-state index contributed by atoms with van der Waals surface area (Å²) < 4.78 is 6.32. The number of anilines is 1. The smallest absolute Gasteiger partial charge is 0.257 e. The molecule has 0 amide bonds. The van der Waals surface area contributed by atoms with Crippen molar-refractivity contribution in [2.24, 2.45) is 0 Å². The molecular weight excluding hydrogens is 308 g/mol. The molecule has 0 atom stereocenters. The fourth-order valence-corrected chi connectivity index (χ4v) is 1.98. The van der Waals surface area contributed by atoms with Crippen molar-refractivity contribution in [2.75, 3.05) is 5.73 Å². The van der Waals surface area contributed by atoms with Gasteiger partial charge in [-0.15, -0.1) is 5.10 Å². The Hall–Kier alpha value is -2.13. The second-order valence-electron chi connectivity index (χ2n) is 3.96. The van der Waals surface area contributed by atoms with Gasteiger partial charge >= 0.3 is 0 Å². The molecule has 96 valence electrons. The topological polar surface area (TPSA) is 84.8 Å². The first kappa shape index (κ1) is 13.3. The number of ether oxygens (including phenoxy) is 1. The SMILES string of the molecule is Cc1nnc(Oc2c(N)cccc2Br)c(C#N)c1C. The Morgan fingerprint density at radius 1 is 1.32 bits per heavy atom. The van der Waals surface area contributed by atoms with E-state index in [1.807, 2.05) is 0 Å². The average molecular weight is 319 g/mol. The lowest BCUT2D eigenvalue weighted by molar-refractivity contribution is 0.451. The van der Waals surface area contributed by atoms with Crippen LogP contribution in [0.15, 0.2) is 22.7 Å². The zero-order valence-corrected chi connectivity index (χ0v) is 12.0. The van der Waals surface area contributed by atoms with Gasteiger partial charge in [0.1, 0.15) is 11.6 Å². The van der Waals surface area contributed by atoms with Gasteiger partial charge in [0.15, 0.2) is 5.75 Å². The monoisotopic (exact) mass is 318 g/mol. The third-order valence-corrected chi connectivity index (χ3v) is 3.35. The molecule has 5 nitrogen and oxygen atoms in total. The lowest BCUT2D eigenvalue weighted by Crippen LogP contribution is -2.02. The molecule has 0 aliphatic rings. The first-order valence-electron chi connectivity index (χ1n) is 5.50. The highest BCUT2D eigenvalue weighted by Crippen LogP contribution is 2.35. The van der Waals surface area contributed by atoms with E-state index in [9.17, 15) is 5.26 Å². The van der Waals surface area contributed by atoms with E-state index in [-0.39, 0.29) is 5.88 Å². The second kappa shape index (κ2) is 5.24. The number of benzene rings is 1. The van der Waals surface area contributed by atoms with E-state index in [0.29, 0.717) is 27.2 Å². The molecule has 6 heteroatoms. The third-order valence-electron chi connectivity index (χ3n) is 2.73. The van der Waals surface area contributed by atoms with Crippen LogP contribution in [0.5, 0.6) is 11.6 Å². The summed E-state index contributed by atoms with van der Waals surface area (Å²) >= 11 is 3.35. The summed E-state index contributed by atoms with van der Waals surface area (Å²) in [5, 5.41) is 17.1. The van der Waals surface area contributed by atoms with Gasteiger partial charge in [0.25, 0.3) is 5.88 Å². The van der Waals surface area contributed by atoms with Gasteiger partial charge in [-0.25, -0.2) is 0 Å². The average Bonchev–Trinajstić information content (AvgIpc) is 2.38. The molecule has 0 aliphatic heterocycles. The molecule has 2 N–H and O–H groups in total. The normalized spacial score (nSPS) is 10.0. The molecule has 1 heterocycles. The van der Waals surface area contributed by atoms with Crippen molar-refractivity contribution >= 4 is 21.6 Å². The predicted molar refractivity (Wildman–Crippen MR) is 74.8 cm³/mol. The van der Waals surface area contributed by atoms with Crippen LogP contribution in [0, 0.1) is 25.2 Å². The van der Waals surface area contributed by atoms with Gasteiger partial charge in [-0.1, -0.05) is 6.07 Å². The quantitative estimate of drug-likeness (QED) is 0.860. The molecule has 0 radical (unpaired) electrons. The van der Waals surface area contributed by atoms with Gasteiger partial charge in [-0.3, -0.25) is 0 Å². The number of nitrogen functional groups attached to an aromatic ring is 1. The molecule has 19 heavy (non-hydrogen) atoms. The maximum Gasteiger partial charge on any atom is 0.257 e. The molecular formula is C13H11BrN4O. The minimum Gasteiger partial charge on any atom is -0.433 e. The number of hydrogen-bond donors (Lipinski definition) is 1. The van der Waals surface area contributed by atoms with Crippen LogP contribution in [-0.4, -0.2) is 10.2 Å². The molecule has 0 unspecified atom stereocenters. The summed E-state index contributed by atoms with van der Waals surface area (Å²) in [6.07, 6.45) is 0. The fourth-order valence-electron chi connectivity index (χ4n) is 1.52. The van der Waals surface area contributed by atoms with Crippen molar-refractivity contribution in [1.82, 2.24) is 10.2 Å². The zero-order chi connectivity index (χ0) is 14.0. The van der Waals surface area contributed by atoms with Crippen LogP contribution in [-0.2, 0) is 0 Å². The molecule has 1 aromatic heterocycles. The number of rotatable bonds is 2. The van der Waals surface area contributed by atoms with E-state index in [1.165, 1.54) is 0 Å². The molecule has 0 aliphatic carbocycles. The molecule has 0 saturated heterocycles. The van der Waals surface area contributed by atoms with Crippen molar-refractivity contribution in [2.45, 2.75) is 13.8 Å². The summed E-state index contributed by atoms with van der Waals surface area (Å²) in [4.78, 5) is 0. The van der Waals surface area contributed by atoms with Gasteiger partial charge < -0.3 is 10.5 Å². The second-order valence-corrected chi connectivity index (χ2v) is 4.82. The molecule has 0 saturated carbocycles. The van der Waals surface area contributed by atoms with Crippen molar-refractivity contribution in [1.29, 1.82) is 5.26 Å². The first-order valence-corrected chi connectivity index (χ1v) is 6.29. The summed E-state index contributed by atoms with van der Waals surface area (Å²) in [6.45, 7) is 3.60. The van der Waals surface area contributed by atoms with E-state index >= 15 is 0 Å². The maximum absolute atomic E-state index is 9.20. The van der Waals surface area contributed by atoms with Crippen LogP contribution in [0.25, 0.3) is 0 Å². The lowest BCUT2D eigenvalue weighted by atomic mass is 10.1. The van der Waals surface area contributed by atoms with Crippen molar-refractivity contribution in [3.63, 3.8) is 0 Å². The highest BCUT2D eigenvalue weighted by molar-refractivity contribution is 9.10.